The number of aromatic nitrogens is 3. The van der Waals surface area contributed by atoms with Gasteiger partial charge in [0.05, 0.1) is 12.3 Å². The van der Waals surface area contributed by atoms with Gasteiger partial charge in [0, 0.05) is 32.2 Å². The van der Waals surface area contributed by atoms with Crippen molar-refractivity contribution in [2.75, 3.05) is 13.2 Å². The first-order valence-corrected chi connectivity index (χ1v) is 6.47. The number of aryl methyl sites for hydroxylation is 2. The van der Waals surface area contributed by atoms with Gasteiger partial charge in [-0.15, -0.1) is 5.10 Å². The Kier molecular flexibility index (Phi) is 4.92. The van der Waals surface area contributed by atoms with Crippen LogP contribution in [0.3, 0.4) is 0 Å². The molecule has 0 saturated carbocycles. The second-order valence-electron chi connectivity index (χ2n) is 4.47. The summed E-state index contributed by atoms with van der Waals surface area (Å²) in [5, 5.41) is 16.8. The molecule has 2 rings (SSSR count). The van der Waals surface area contributed by atoms with Crippen LogP contribution >= 0.6 is 0 Å². The van der Waals surface area contributed by atoms with E-state index in [0.29, 0.717) is 13.0 Å². The van der Waals surface area contributed by atoms with Gasteiger partial charge in [0.2, 0.25) is 0 Å². The molecule has 19 heavy (non-hydrogen) atoms. The maximum Gasteiger partial charge on any atom is 0.119 e. The Morgan fingerprint density at radius 2 is 2.26 bits per heavy atom. The smallest absolute Gasteiger partial charge is 0.119 e. The molecule has 5 nitrogen and oxygen atoms in total. The fraction of sp³-hybridized carbons (Fsp3) is 0.429. The number of hydrogen-bond acceptors (Lipinski definition) is 4. The van der Waals surface area contributed by atoms with E-state index in [2.05, 4.69) is 10.3 Å². The summed E-state index contributed by atoms with van der Waals surface area (Å²) in [6, 6.07) is 8.02. The zero-order valence-electron chi connectivity index (χ0n) is 11.1. The van der Waals surface area contributed by atoms with Crippen molar-refractivity contribution in [2.45, 2.75) is 26.3 Å². The van der Waals surface area contributed by atoms with Gasteiger partial charge in [-0.3, -0.25) is 4.68 Å². The Balaban J connectivity index is 1.71. The summed E-state index contributed by atoms with van der Waals surface area (Å²) < 4.78 is 7.44. The van der Waals surface area contributed by atoms with E-state index in [0.717, 1.165) is 24.4 Å². The molecule has 0 aliphatic heterocycles. The molecule has 0 fully saturated rings. The summed E-state index contributed by atoms with van der Waals surface area (Å²) in [4.78, 5) is 0. The molecule has 0 aliphatic rings. The van der Waals surface area contributed by atoms with Crippen molar-refractivity contribution in [1.29, 1.82) is 0 Å². The number of nitrogens with zero attached hydrogens (tertiary/aromatic N) is 3. The molecule has 1 N–H and O–H groups in total. The Hall–Kier alpha value is -1.88. The standard InChI is InChI=1S/C14H19N3O2/c1-12-4-2-5-14(10-12)19-9-3-7-17-11-13(6-8-18)15-16-17/h2,4-5,10-11,18H,3,6-9H2,1H3. The summed E-state index contributed by atoms with van der Waals surface area (Å²) >= 11 is 0. The molecule has 0 radical (unpaired) electrons. The first-order valence-electron chi connectivity index (χ1n) is 6.47. The zero-order chi connectivity index (χ0) is 13.5. The van der Waals surface area contributed by atoms with E-state index in [1.807, 2.05) is 37.4 Å². The largest absolute Gasteiger partial charge is 0.494 e. The zero-order valence-corrected chi connectivity index (χ0v) is 11.1. The quantitative estimate of drug-likeness (QED) is 0.769. The molecule has 0 saturated heterocycles. The monoisotopic (exact) mass is 261 g/mol. The lowest BCUT2D eigenvalue weighted by atomic mass is 10.2. The Morgan fingerprint density at radius 1 is 1.37 bits per heavy atom. The lowest BCUT2D eigenvalue weighted by molar-refractivity contribution is 0.297. The SMILES string of the molecule is Cc1cccc(OCCCn2cc(CCO)nn2)c1. The Morgan fingerprint density at radius 3 is 3.05 bits per heavy atom. The van der Waals surface area contributed by atoms with E-state index < -0.39 is 0 Å². The maximum atomic E-state index is 8.79. The summed E-state index contributed by atoms with van der Waals surface area (Å²) in [5.74, 6) is 0.902. The number of hydrogen-bond donors (Lipinski definition) is 1. The van der Waals surface area contributed by atoms with Gasteiger partial charge in [-0.25, -0.2) is 0 Å². The molecule has 2 aromatic rings. The van der Waals surface area contributed by atoms with Gasteiger partial charge in [-0.2, -0.15) is 0 Å². The highest BCUT2D eigenvalue weighted by Gasteiger charge is 2.00. The average Bonchev–Trinajstić information content (AvgIpc) is 2.83. The third-order valence-electron chi connectivity index (χ3n) is 2.74. The number of ether oxygens (including phenoxy) is 1. The maximum absolute atomic E-state index is 8.79. The number of rotatable bonds is 7. The summed E-state index contributed by atoms with van der Waals surface area (Å²) in [5.41, 5.74) is 2.02. The molecular formula is C14H19N3O2. The van der Waals surface area contributed by atoms with Crippen molar-refractivity contribution in [3.05, 3.63) is 41.7 Å². The van der Waals surface area contributed by atoms with Gasteiger partial charge in [0.25, 0.3) is 0 Å². The fourth-order valence-corrected chi connectivity index (χ4v) is 1.80. The average molecular weight is 261 g/mol. The highest BCUT2D eigenvalue weighted by Crippen LogP contribution is 2.12. The van der Waals surface area contributed by atoms with Gasteiger partial charge in [-0.05, 0) is 24.6 Å². The van der Waals surface area contributed by atoms with Crippen LogP contribution in [0.2, 0.25) is 0 Å². The molecule has 5 heteroatoms. The third-order valence-corrected chi connectivity index (χ3v) is 2.74. The van der Waals surface area contributed by atoms with Crippen LogP contribution in [0.4, 0.5) is 0 Å². The van der Waals surface area contributed by atoms with Crippen LogP contribution in [0.25, 0.3) is 0 Å². The molecule has 0 bridgehead atoms. The number of aliphatic hydroxyl groups excluding tert-OH is 1. The molecule has 0 unspecified atom stereocenters. The molecule has 1 aromatic carbocycles. The van der Waals surface area contributed by atoms with Crippen LogP contribution in [0.1, 0.15) is 17.7 Å². The second-order valence-corrected chi connectivity index (χ2v) is 4.47. The minimum Gasteiger partial charge on any atom is -0.494 e. The molecule has 102 valence electrons. The van der Waals surface area contributed by atoms with Crippen molar-refractivity contribution in [3.8, 4) is 5.75 Å². The van der Waals surface area contributed by atoms with Crippen LogP contribution < -0.4 is 4.74 Å². The van der Waals surface area contributed by atoms with E-state index in [4.69, 9.17) is 9.84 Å². The van der Waals surface area contributed by atoms with Crippen molar-refractivity contribution in [1.82, 2.24) is 15.0 Å². The second kappa shape index (κ2) is 6.89. The fourth-order valence-electron chi connectivity index (χ4n) is 1.80. The van der Waals surface area contributed by atoms with Crippen molar-refractivity contribution in [3.63, 3.8) is 0 Å². The van der Waals surface area contributed by atoms with Gasteiger partial charge in [-0.1, -0.05) is 17.3 Å². The number of benzene rings is 1. The first kappa shape index (κ1) is 13.5. The summed E-state index contributed by atoms with van der Waals surface area (Å²) in [6.07, 6.45) is 3.29. The van der Waals surface area contributed by atoms with Crippen LogP contribution in [-0.4, -0.2) is 33.3 Å². The van der Waals surface area contributed by atoms with Gasteiger partial charge < -0.3 is 9.84 Å². The van der Waals surface area contributed by atoms with Gasteiger partial charge in [0.15, 0.2) is 0 Å². The van der Waals surface area contributed by atoms with Crippen molar-refractivity contribution >= 4 is 0 Å². The molecule has 1 aromatic heterocycles. The van der Waals surface area contributed by atoms with Gasteiger partial charge in [0.1, 0.15) is 5.75 Å². The van der Waals surface area contributed by atoms with Crippen molar-refractivity contribution < 1.29 is 9.84 Å². The highest BCUT2D eigenvalue weighted by atomic mass is 16.5. The lowest BCUT2D eigenvalue weighted by Crippen LogP contribution is -2.05. The molecular weight excluding hydrogens is 242 g/mol. The van der Waals surface area contributed by atoms with Crippen LogP contribution in [0, 0.1) is 6.92 Å². The molecule has 0 spiro atoms. The molecule has 0 atom stereocenters. The van der Waals surface area contributed by atoms with E-state index in [9.17, 15) is 0 Å². The lowest BCUT2D eigenvalue weighted by Gasteiger charge is -2.06. The highest BCUT2D eigenvalue weighted by molar-refractivity contribution is 5.27. The number of aliphatic hydroxyl groups is 1. The predicted octanol–water partition coefficient (Wildman–Crippen LogP) is 1.59. The minimum absolute atomic E-state index is 0.106. The Bertz CT molecular complexity index is 511. The Labute approximate surface area is 112 Å². The summed E-state index contributed by atoms with van der Waals surface area (Å²) in [7, 11) is 0. The van der Waals surface area contributed by atoms with E-state index >= 15 is 0 Å². The van der Waals surface area contributed by atoms with E-state index in [1.165, 1.54) is 5.56 Å². The summed E-state index contributed by atoms with van der Waals surface area (Å²) in [6.45, 7) is 3.57. The molecule has 1 heterocycles. The third kappa shape index (κ3) is 4.37. The van der Waals surface area contributed by atoms with Crippen LogP contribution in [-0.2, 0) is 13.0 Å². The topological polar surface area (TPSA) is 60.2 Å². The first-order chi connectivity index (χ1) is 9.28. The van der Waals surface area contributed by atoms with Crippen LogP contribution in [0.5, 0.6) is 5.75 Å². The minimum atomic E-state index is 0.106. The normalized spacial score (nSPS) is 10.6. The van der Waals surface area contributed by atoms with Crippen molar-refractivity contribution in [2.24, 2.45) is 0 Å². The van der Waals surface area contributed by atoms with Gasteiger partial charge >= 0.3 is 0 Å². The van der Waals surface area contributed by atoms with Crippen LogP contribution in [0.15, 0.2) is 30.5 Å². The molecule has 0 amide bonds. The van der Waals surface area contributed by atoms with E-state index in [1.54, 1.807) is 4.68 Å². The molecule has 0 aliphatic carbocycles. The van der Waals surface area contributed by atoms with E-state index in [-0.39, 0.29) is 6.61 Å². The predicted molar refractivity (Wildman–Crippen MR) is 72.1 cm³/mol.